The number of hydrogen-bond donors (Lipinski definition) is 2. The van der Waals surface area contributed by atoms with Gasteiger partial charge in [0.2, 0.25) is 0 Å². The number of amides is 3. The van der Waals surface area contributed by atoms with Gasteiger partial charge in [-0.25, -0.2) is 4.79 Å². The molecule has 1 atom stereocenters. The summed E-state index contributed by atoms with van der Waals surface area (Å²) in [5.41, 5.74) is 5.79. The summed E-state index contributed by atoms with van der Waals surface area (Å²) in [6.45, 7) is 7.36. The van der Waals surface area contributed by atoms with Crippen LogP contribution in [0.15, 0.2) is 49.6 Å². The number of carbonyl (C=O) groups is 3. The highest BCUT2D eigenvalue weighted by Crippen LogP contribution is 2.20. The Labute approximate surface area is 157 Å². The van der Waals surface area contributed by atoms with E-state index in [1.165, 1.54) is 4.90 Å². The maximum absolute atomic E-state index is 12.1. The summed E-state index contributed by atoms with van der Waals surface area (Å²) in [4.78, 5) is 36.7. The molecule has 0 unspecified atom stereocenters. The van der Waals surface area contributed by atoms with Gasteiger partial charge in [-0.15, -0.1) is 13.2 Å². The monoisotopic (exact) mass is 379 g/mol. The highest BCUT2D eigenvalue weighted by molar-refractivity contribution is 6.30. The van der Waals surface area contributed by atoms with E-state index in [-0.39, 0.29) is 12.3 Å². The summed E-state index contributed by atoms with van der Waals surface area (Å²) < 4.78 is 5.02. The largest absolute Gasteiger partial charge is 0.455 e. The molecule has 0 bridgehead atoms. The number of ether oxygens (including phenoxy) is 1. The molecule has 0 heterocycles. The average molecular weight is 380 g/mol. The maximum Gasteiger partial charge on any atom is 0.312 e. The van der Waals surface area contributed by atoms with Crippen LogP contribution in [0.3, 0.4) is 0 Å². The minimum absolute atomic E-state index is 0.180. The van der Waals surface area contributed by atoms with E-state index in [0.717, 1.165) is 0 Å². The number of nitrogens with zero attached hydrogens (tertiary/aromatic N) is 1. The first-order chi connectivity index (χ1) is 12.4. The molecular weight excluding hydrogens is 358 g/mol. The van der Waals surface area contributed by atoms with Gasteiger partial charge in [0, 0.05) is 18.1 Å². The number of nitrogens with one attached hydrogen (secondary N) is 1. The van der Waals surface area contributed by atoms with Gasteiger partial charge in [-0.2, -0.15) is 0 Å². The van der Waals surface area contributed by atoms with Gasteiger partial charge in [-0.3, -0.25) is 9.59 Å². The van der Waals surface area contributed by atoms with Crippen LogP contribution in [0.4, 0.5) is 4.79 Å². The van der Waals surface area contributed by atoms with Crippen LogP contribution in [0.5, 0.6) is 0 Å². The van der Waals surface area contributed by atoms with E-state index >= 15 is 0 Å². The number of urea groups is 1. The minimum atomic E-state index is -0.781. The Hall–Kier alpha value is -2.80. The van der Waals surface area contributed by atoms with Crippen LogP contribution in [0.25, 0.3) is 0 Å². The van der Waals surface area contributed by atoms with Crippen molar-refractivity contribution in [1.82, 2.24) is 10.2 Å². The number of halogens is 1. The SMILES string of the molecule is C=CCN(CC=C)C(=O)COC(=O)C[C@H](NC(N)=O)c1ccc(Cl)cc1. The Bertz CT molecular complexity index is 651. The zero-order chi connectivity index (χ0) is 19.5. The molecule has 3 amide bonds. The fourth-order valence-electron chi connectivity index (χ4n) is 2.17. The summed E-state index contributed by atoms with van der Waals surface area (Å²) >= 11 is 5.83. The van der Waals surface area contributed by atoms with Crippen molar-refractivity contribution in [2.75, 3.05) is 19.7 Å². The lowest BCUT2D eigenvalue weighted by Crippen LogP contribution is -2.36. The number of carbonyl (C=O) groups excluding carboxylic acids is 3. The Morgan fingerprint density at radius 2 is 1.77 bits per heavy atom. The molecule has 140 valence electrons. The van der Waals surface area contributed by atoms with Gasteiger partial charge in [-0.05, 0) is 17.7 Å². The minimum Gasteiger partial charge on any atom is -0.455 e. The third kappa shape index (κ3) is 7.40. The molecule has 1 aromatic rings. The van der Waals surface area contributed by atoms with Crippen molar-refractivity contribution in [3.8, 4) is 0 Å². The molecular formula is C18H22ClN3O4. The highest BCUT2D eigenvalue weighted by atomic mass is 35.5. The molecule has 0 aliphatic heterocycles. The van der Waals surface area contributed by atoms with Gasteiger partial charge in [-0.1, -0.05) is 35.9 Å². The zero-order valence-electron chi connectivity index (χ0n) is 14.3. The second-order valence-electron chi connectivity index (χ2n) is 5.35. The Morgan fingerprint density at radius 1 is 1.19 bits per heavy atom. The van der Waals surface area contributed by atoms with E-state index in [9.17, 15) is 14.4 Å². The van der Waals surface area contributed by atoms with Gasteiger partial charge in [0.25, 0.3) is 5.91 Å². The van der Waals surface area contributed by atoms with Crippen LogP contribution in [0.2, 0.25) is 5.02 Å². The van der Waals surface area contributed by atoms with E-state index in [1.54, 1.807) is 36.4 Å². The number of benzene rings is 1. The smallest absolute Gasteiger partial charge is 0.312 e. The van der Waals surface area contributed by atoms with Crippen LogP contribution in [0, 0.1) is 0 Å². The predicted molar refractivity (Wildman–Crippen MR) is 99.5 cm³/mol. The second-order valence-corrected chi connectivity index (χ2v) is 5.79. The third-order valence-electron chi connectivity index (χ3n) is 3.37. The lowest BCUT2D eigenvalue weighted by atomic mass is 10.0. The van der Waals surface area contributed by atoms with Crippen molar-refractivity contribution in [3.63, 3.8) is 0 Å². The Morgan fingerprint density at radius 3 is 2.27 bits per heavy atom. The molecule has 7 nitrogen and oxygen atoms in total. The Kier molecular flexibility index (Phi) is 8.94. The maximum atomic E-state index is 12.1. The van der Waals surface area contributed by atoms with E-state index in [4.69, 9.17) is 22.1 Å². The summed E-state index contributed by atoms with van der Waals surface area (Å²) in [7, 11) is 0. The summed E-state index contributed by atoms with van der Waals surface area (Å²) in [5, 5.41) is 2.99. The van der Waals surface area contributed by atoms with E-state index in [2.05, 4.69) is 18.5 Å². The lowest BCUT2D eigenvalue weighted by Gasteiger charge is -2.20. The van der Waals surface area contributed by atoms with Crippen molar-refractivity contribution in [2.24, 2.45) is 5.73 Å². The highest BCUT2D eigenvalue weighted by Gasteiger charge is 2.20. The van der Waals surface area contributed by atoms with Gasteiger partial charge in [0.1, 0.15) is 0 Å². The molecule has 26 heavy (non-hydrogen) atoms. The molecule has 0 aliphatic rings. The molecule has 0 radical (unpaired) electrons. The van der Waals surface area contributed by atoms with Crippen molar-refractivity contribution in [2.45, 2.75) is 12.5 Å². The van der Waals surface area contributed by atoms with Crippen LogP contribution >= 0.6 is 11.6 Å². The molecule has 0 aromatic heterocycles. The fourth-order valence-corrected chi connectivity index (χ4v) is 2.29. The van der Waals surface area contributed by atoms with Gasteiger partial charge >= 0.3 is 12.0 Å². The van der Waals surface area contributed by atoms with Gasteiger partial charge in [0.05, 0.1) is 12.5 Å². The number of esters is 1. The first kappa shape index (κ1) is 21.2. The molecule has 1 rings (SSSR count). The molecule has 3 N–H and O–H groups in total. The van der Waals surface area contributed by atoms with Crippen molar-refractivity contribution < 1.29 is 19.1 Å². The molecule has 0 aliphatic carbocycles. The van der Waals surface area contributed by atoms with Crippen molar-refractivity contribution in [3.05, 3.63) is 60.2 Å². The zero-order valence-corrected chi connectivity index (χ0v) is 15.1. The fraction of sp³-hybridized carbons (Fsp3) is 0.278. The number of primary amides is 1. The van der Waals surface area contributed by atoms with Crippen molar-refractivity contribution >= 4 is 29.5 Å². The molecule has 0 saturated heterocycles. The van der Waals surface area contributed by atoms with E-state index in [1.807, 2.05) is 0 Å². The summed E-state index contributed by atoms with van der Waals surface area (Å²) in [5.74, 6) is -1.02. The quantitative estimate of drug-likeness (QED) is 0.480. The molecule has 1 aromatic carbocycles. The summed E-state index contributed by atoms with van der Waals surface area (Å²) in [6.07, 6.45) is 2.95. The number of nitrogens with two attached hydrogens (primary N) is 1. The predicted octanol–water partition coefficient (Wildman–Crippen LogP) is 2.18. The van der Waals surface area contributed by atoms with Crippen LogP contribution < -0.4 is 11.1 Å². The average Bonchev–Trinajstić information content (AvgIpc) is 2.59. The second kappa shape index (κ2) is 10.9. The lowest BCUT2D eigenvalue weighted by molar-refractivity contribution is -0.152. The van der Waals surface area contributed by atoms with E-state index in [0.29, 0.717) is 23.7 Å². The molecule has 0 spiro atoms. The van der Waals surface area contributed by atoms with Crippen molar-refractivity contribution in [1.29, 1.82) is 0 Å². The third-order valence-corrected chi connectivity index (χ3v) is 3.62. The van der Waals surface area contributed by atoms with Crippen LogP contribution in [-0.4, -0.2) is 42.5 Å². The first-order valence-electron chi connectivity index (χ1n) is 7.84. The summed E-state index contributed by atoms with van der Waals surface area (Å²) in [6, 6.07) is 5.12. The molecule has 8 heteroatoms. The topological polar surface area (TPSA) is 102 Å². The van der Waals surface area contributed by atoms with E-state index < -0.39 is 24.6 Å². The molecule has 0 fully saturated rings. The van der Waals surface area contributed by atoms with Gasteiger partial charge in [0.15, 0.2) is 6.61 Å². The molecule has 0 saturated carbocycles. The number of hydrogen-bond acceptors (Lipinski definition) is 4. The standard InChI is InChI=1S/C18H22ClN3O4/c1-3-9-22(10-4-2)16(23)12-26-17(24)11-15(21-18(20)25)13-5-7-14(19)8-6-13/h3-8,15H,1-2,9-12H2,(H3,20,21,25)/t15-/m0/s1. The number of rotatable bonds is 10. The Balaban J connectivity index is 2.67. The first-order valence-corrected chi connectivity index (χ1v) is 8.21. The van der Waals surface area contributed by atoms with Crippen LogP contribution in [-0.2, 0) is 14.3 Å². The van der Waals surface area contributed by atoms with Gasteiger partial charge < -0.3 is 20.7 Å². The normalized spacial score (nSPS) is 11.1. The van der Waals surface area contributed by atoms with Crippen LogP contribution in [0.1, 0.15) is 18.0 Å².